The highest BCUT2D eigenvalue weighted by Crippen LogP contribution is 2.33. The van der Waals surface area contributed by atoms with Gasteiger partial charge in [0.05, 0.1) is 15.9 Å². The van der Waals surface area contributed by atoms with E-state index in [1.165, 1.54) is 14.8 Å². The van der Waals surface area contributed by atoms with Crippen molar-refractivity contribution in [2.24, 2.45) is 0 Å². The highest BCUT2D eigenvalue weighted by molar-refractivity contribution is 7.25. The molecule has 3 rings (SSSR count). The van der Waals surface area contributed by atoms with Crippen LogP contribution < -0.4 is 0 Å². The summed E-state index contributed by atoms with van der Waals surface area (Å²) in [4.78, 5) is 9.16. The predicted octanol–water partition coefficient (Wildman–Crippen LogP) is 3.72. The van der Waals surface area contributed by atoms with Crippen LogP contribution in [0.2, 0.25) is 0 Å². The molecule has 3 heteroatoms. The molecule has 3 aromatic rings. The lowest BCUT2D eigenvalue weighted by atomic mass is 10.2. The van der Waals surface area contributed by atoms with Crippen molar-refractivity contribution < 1.29 is 0 Å². The molecule has 0 aliphatic rings. The van der Waals surface area contributed by atoms with Gasteiger partial charge in [0.15, 0.2) is 0 Å². The predicted molar refractivity (Wildman–Crippen MR) is 69.0 cm³/mol. The number of rotatable bonds is 1. The van der Waals surface area contributed by atoms with E-state index in [1.54, 1.807) is 11.3 Å². The Morgan fingerprint density at radius 3 is 2.81 bits per heavy atom. The van der Waals surface area contributed by atoms with Crippen molar-refractivity contribution in [1.29, 1.82) is 0 Å². The first-order valence-corrected chi connectivity index (χ1v) is 6.26. The molecular formula is C13H12N2S. The van der Waals surface area contributed by atoms with Crippen molar-refractivity contribution in [1.82, 2.24) is 9.97 Å². The SMILES string of the molecule is CCc1nc(C)c2sc3ccccc3c2n1. The maximum Gasteiger partial charge on any atom is 0.129 e. The maximum atomic E-state index is 4.64. The van der Waals surface area contributed by atoms with Gasteiger partial charge in [-0.25, -0.2) is 9.97 Å². The van der Waals surface area contributed by atoms with Crippen LogP contribution in [-0.4, -0.2) is 9.97 Å². The summed E-state index contributed by atoms with van der Waals surface area (Å²) in [6, 6.07) is 8.42. The lowest BCUT2D eigenvalue weighted by molar-refractivity contribution is 0.945. The fourth-order valence-corrected chi connectivity index (χ4v) is 3.03. The Hall–Kier alpha value is -1.48. The van der Waals surface area contributed by atoms with Crippen molar-refractivity contribution >= 4 is 31.6 Å². The Morgan fingerprint density at radius 1 is 1.19 bits per heavy atom. The second kappa shape index (κ2) is 3.52. The molecule has 0 radical (unpaired) electrons. The molecule has 80 valence electrons. The number of aromatic nitrogens is 2. The zero-order valence-electron chi connectivity index (χ0n) is 9.32. The highest BCUT2D eigenvalue weighted by atomic mass is 32.1. The van der Waals surface area contributed by atoms with Gasteiger partial charge >= 0.3 is 0 Å². The number of hydrogen-bond acceptors (Lipinski definition) is 3. The van der Waals surface area contributed by atoms with E-state index in [1.807, 2.05) is 0 Å². The molecule has 0 fully saturated rings. The molecule has 1 aromatic carbocycles. The molecule has 0 spiro atoms. The standard InChI is InChI=1S/C13H12N2S/c1-3-11-14-8(2)13-12(15-11)9-6-4-5-7-10(9)16-13/h4-7H,3H2,1-2H3. The summed E-state index contributed by atoms with van der Waals surface area (Å²) >= 11 is 1.78. The molecule has 0 unspecified atom stereocenters. The first kappa shape index (κ1) is 9.73. The van der Waals surface area contributed by atoms with Gasteiger partial charge in [0, 0.05) is 16.5 Å². The summed E-state index contributed by atoms with van der Waals surface area (Å²) < 4.78 is 2.52. The zero-order chi connectivity index (χ0) is 11.1. The quantitative estimate of drug-likeness (QED) is 0.634. The molecule has 0 bridgehead atoms. The number of fused-ring (bicyclic) bond motifs is 3. The largest absolute Gasteiger partial charge is 0.237 e. The van der Waals surface area contributed by atoms with Crippen LogP contribution >= 0.6 is 11.3 Å². The topological polar surface area (TPSA) is 25.8 Å². The maximum absolute atomic E-state index is 4.64. The first-order chi connectivity index (χ1) is 7.79. The number of hydrogen-bond donors (Lipinski definition) is 0. The Kier molecular flexibility index (Phi) is 2.14. The van der Waals surface area contributed by atoms with Gasteiger partial charge < -0.3 is 0 Å². The van der Waals surface area contributed by atoms with Crippen LogP contribution in [0, 0.1) is 6.92 Å². The molecule has 2 heterocycles. The minimum absolute atomic E-state index is 0.890. The summed E-state index contributed by atoms with van der Waals surface area (Å²) in [6.45, 7) is 4.16. The number of benzene rings is 1. The Balaban J connectivity index is 2.51. The summed E-state index contributed by atoms with van der Waals surface area (Å²) in [5.74, 6) is 0.938. The minimum Gasteiger partial charge on any atom is -0.237 e. The molecule has 16 heavy (non-hydrogen) atoms. The van der Waals surface area contributed by atoms with Crippen molar-refractivity contribution in [3.8, 4) is 0 Å². The zero-order valence-corrected chi connectivity index (χ0v) is 10.1. The van der Waals surface area contributed by atoms with Crippen LogP contribution in [0.3, 0.4) is 0 Å². The fraction of sp³-hybridized carbons (Fsp3) is 0.231. The van der Waals surface area contributed by atoms with Crippen LogP contribution in [0.5, 0.6) is 0 Å². The van der Waals surface area contributed by atoms with Gasteiger partial charge in [-0.3, -0.25) is 0 Å². The molecule has 0 atom stereocenters. The van der Waals surface area contributed by atoms with Gasteiger partial charge in [0.25, 0.3) is 0 Å². The Bertz CT molecular complexity index is 670. The Morgan fingerprint density at radius 2 is 2.00 bits per heavy atom. The summed E-state index contributed by atoms with van der Waals surface area (Å²) in [5.41, 5.74) is 2.22. The molecule has 2 aromatic heterocycles. The van der Waals surface area contributed by atoms with Crippen molar-refractivity contribution in [3.05, 3.63) is 35.8 Å². The van der Waals surface area contributed by atoms with Gasteiger partial charge in [-0.15, -0.1) is 11.3 Å². The van der Waals surface area contributed by atoms with Crippen LogP contribution in [0.15, 0.2) is 24.3 Å². The van der Waals surface area contributed by atoms with Gasteiger partial charge in [-0.1, -0.05) is 25.1 Å². The lowest BCUT2D eigenvalue weighted by Gasteiger charge is -1.99. The van der Waals surface area contributed by atoms with E-state index in [2.05, 4.69) is 48.1 Å². The molecule has 2 nitrogen and oxygen atoms in total. The van der Waals surface area contributed by atoms with Crippen LogP contribution in [-0.2, 0) is 6.42 Å². The summed E-state index contributed by atoms with van der Waals surface area (Å²) in [7, 11) is 0. The minimum atomic E-state index is 0.890. The van der Waals surface area contributed by atoms with Crippen LogP contribution in [0.1, 0.15) is 18.4 Å². The van der Waals surface area contributed by atoms with Crippen LogP contribution in [0.4, 0.5) is 0 Å². The molecular weight excluding hydrogens is 216 g/mol. The van der Waals surface area contributed by atoms with E-state index in [9.17, 15) is 0 Å². The molecule has 0 amide bonds. The lowest BCUT2D eigenvalue weighted by Crippen LogP contribution is -1.94. The number of thiophene rings is 1. The number of aryl methyl sites for hydroxylation is 2. The average Bonchev–Trinajstić information content (AvgIpc) is 2.68. The summed E-state index contributed by atoms with van der Waals surface area (Å²) in [6.07, 6.45) is 0.890. The monoisotopic (exact) mass is 228 g/mol. The van der Waals surface area contributed by atoms with E-state index in [0.29, 0.717) is 0 Å². The highest BCUT2D eigenvalue weighted by Gasteiger charge is 2.09. The smallest absolute Gasteiger partial charge is 0.129 e. The van der Waals surface area contributed by atoms with Crippen molar-refractivity contribution in [2.45, 2.75) is 20.3 Å². The van der Waals surface area contributed by atoms with Gasteiger partial charge in [0.2, 0.25) is 0 Å². The van der Waals surface area contributed by atoms with E-state index in [4.69, 9.17) is 0 Å². The van der Waals surface area contributed by atoms with Crippen LogP contribution in [0.25, 0.3) is 20.3 Å². The van der Waals surface area contributed by atoms with Crippen molar-refractivity contribution in [3.63, 3.8) is 0 Å². The first-order valence-electron chi connectivity index (χ1n) is 5.44. The van der Waals surface area contributed by atoms with E-state index in [-0.39, 0.29) is 0 Å². The normalized spacial score (nSPS) is 11.4. The fourth-order valence-electron chi connectivity index (χ4n) is 1.94. The third-order valence-electron chi connectivity index (χ3n) is 2.75. The van der Waals surface area contributed by atoms with Gasteiger partial charge in [-0.05, 0) is 13.0 Å². The van der Waals surface area contributed by atoms with E-state index in [0.717, 1.165) is 23.5 Å². The number of nitrogens with zero attached hydrogens (tertiary/aromatic N) is 2. The third-order valence-corrected chi connectivity index (χ3v) is 4.02. The van der Waals surface area contributed by atoms with Gasteiger partial charge in [-0.2, -0.15) is 0 Å². The molecule has 0 aliphatic heterocycles. The second-order valence-corrected chi connectivity index (χ2v) is 4.91. The molecule has 0 aliphatic carbocycles. The summed E-state index contributed by atoms with van der Waals surface area (Å²) in [5, 5.41) is 1.25. The molecule has 0 saturated heterocycles. The molecule has 0 N–H and O–H groups in total. The second-order valence-electron chi connectivity index (χ2n) is 3.85. The van der Waals surface area contributed by atoms with Gasteiger partial charge in [0.1, 0.15) is 5.82 Å². The molecule has 0 saturated carbocycles. The van der Waals surface area contributed by atoms with E-state index >= 15 is 0 Å². The third kappa shape index (κ3) is 1.32. The average molecular weight is 228 g/mol. The van der Waals surface area contributed by atoms with Crippen molar-refractivity contribution in [2.75, 3.05) is 0 Å². The Labute approximate surface area is 98.0 Å². The van der Waals surface area contributed by atoms with E-state index < -0.39 is 0 Å².